The fraction of sp³-hybridized carbons (Fsp3) is 0. The van der Waals surface area contributed by atoms with Gasteiger partial charge in [-0.15, -0.1) is 11.3 Å². The van der Waals surface area contributed by atoms with Crippen LogP contribution in [0, 0.1) is 11.3 Å². The standard InChI is InChI=1S/C11H8N2OS/c12-6-9(10-2-1-5-15-10)11(13)8-3-4-14-7-8/h1-5,7H,13H2/b11-9-. The number of furan rings is 1. The van der Waals surface area contributed by atoms with Crippen molar-refractivity contribution < 1.29 is 4.42 Å². The van der Waals surface area contributed by atoms with E-state index >= 15 is 0 Å². The van der Waals surface area contributed by atoms with Crippen LogP contribution in [0.5, 0.6) is 0 Å². The molecule has 4 heteroatoms. The number of allylic oxidation sites excluding steroid dienone is 1. The number of nitrogens with two attached hydrogens (primary N) is 1. The number of thiophene rings is 1. The van der Waals surface area contributed by atoms with Crippen molar-refractivity contribution in [3.8, 4) is 6.07 Å². The molecule has 0 radical (unpaired) electrons. The third-order valence-corrected chi connectivity index (χ3v) is 2.87. The molecule has 0 atom stereocenters. The molecule has 2 aromatic heterocycles. The summed E-state index contributed by atoms with van der Waals surface area (Å²) in [7, 11) is 0. The summed E-state index contributed by atoms with van der Waals surface area (Å²) in [5, 5.41) is 11.0. The largest absolute Gasteiger partial charge is 0.472 e. The minimum Gasteiger partial charge on any atom is -0.472 e. The zero-order valence-electron chi connectivity index (χ0n) is 7.81. The Labute approximate surface area is 91.1 Å². The summed E-state index contributed by atoms with van der Waals surface area (Å²) < 4.78 is 4.93. The Morgan fingerprint density at radius 3 is 2.87 bits per heavy atom. The van der Waals surface area contributed by atoms with E-state index in [0.717, 1.165) is 10.4 Å². The first-order valence-corrected chi connectivity index (χ1v) is 5.17. The van der Waals surface area contributed by atoms with Crippen molar-refractivity contribution >= 4 is 22.6 Å². The Balaban J connectivity index is 2.51. The quantitative estimate of drug-likeness (QED) is 0.785. The fourth-order valence-electron chi connectivity index (χ4n) is 1.23. The van der Waals surface area contributed by atoms with E-state index in [9.17, 15) is 0 Å². The SMILES string of the molecule is N#C/C(=C(/N)c1ccoc1)c1cccs1. The minimum atomic E-state index is 0.453. The van der Waals surface area contributed by atoms with Crippen LogP contribution in [0.15, 0.2) is 40.5 Å². The van der Waals surface area contributed by atoms with Crippen LogP contribution >= 0.6 is 11.3 Å². The maximum absolute atomic E-state index is 9.06. The van der Waals surface area contributed by atoms with Crippen LogP contribution in [-0.4, -0.2) is 0 Å². The Morgan fingerprint density at radius 1 is 1.47 bits per heavy atom. The smallest absolute Gasteiger partial charge is 0.103 e. The predicted octanol–water partition coefficient (Wildman–Crippen LogP) is 2.69. The highest BCUT2D eigenvalue weighted by Crippen LogP contribution is 2.25. The van der Waals surface area contributed by atoms with Crippen LogP contribution in [0.3, 0.4) is 0 Å². The summed E-state index contributed by atoms with van der Waals surface area (Å²) >= 11 is 1.49. The minimum absolute atomic E-state index is 0.453. The lowest BCUT2D eigenvalue weighted by Crippen LogP contribution is -1.98. The highest BCUT2D eigenvalue weighted by molar-refractivity contribution is 7.11. The second kappa shape index (κ2) is 4.03. The molecular weight excluding hydrogens is 208 g/mol. The lowest BCUT2D eigenvalue weighted by molar-refractivity contribution is 0.566. The molecule has 0 aliphatic heterocycles. The number of hydrogen-bond donors (Lipinski definition) is 1. The molecule has 0 aromatic carbocycles. The van der Waals surface area contributed by atoms with Gasteiger partial charge in [0.1, 0.15) is 6.07 Å². The maximum atomic E-state index is 9.06. The fourth-order valence-corrected chi connectivity index (χ4v) is 1.97. The van der Waals surface area contributed by atoms with Crippen molar-refractivity contribution in [2.24, 2.45) is 5.73 Å². The van der Waals surface area contributed by atoms with Crippen molar-refractivity contribution in [1.29, 1.82) is 5.26 Å². The molecule has 2 rings (SSSR count). The lowest BCUT2D eigenvalue weighted by atomic mass is 10.1. The van der Waals surface area contributed by atoms with Gasteiger partial charge in [-0.3, -0.25) is 0 Å². The van der Waals surface area contributed by atoms with E-state index in [2.05, 4.69) is 6.07 Å². The number of rotatable bonds is 2. The van der Waals surface area contributed by atoms with Gasteiger partial charge in [0.2, 0.25) is 0 Å². The summed E-state index contributed by atoms with van der Waals surface area (Å²) in [6.45, 7) is 0. The van der Waals surface area contributed by atoms with Gasteiger partial charge in [-0.05, 0) is 17.5 Å². The highest BCUT2D eigenvalue weighted by Gasteiger charge is 2.09. The summed E-state index contributed by atoms with van der Waals surface area (Å²) in [5.74, 6) is 0. The van der Waals surface area contributed by atoms with Gasteiger partial charge >= 0.3 is 0 Å². The number of hydrogen-bond acceptors (Lipinski definition) is 4. The Morgan fingerprint density at radius 2 is 2.33 bits per heavy atom. The van der Waals surface area contributed by atoms with Gasteiger partial charge in [-0.25, -0.2) is 0 Å². The molecule has 0 saturated heterocycles. The van der Waals surface area contributed by atoms with E-state index in [4.69, 9.17) is 15.4 Å². The molecule has 0 fully saturated rings. The van der Waals surface area contributed by atoms with Crippen LogP contribution < -0.4 is 5.73 Å². The van der Waals surface area contributed by atoms with E-state index in [1.165, 1.54) is 23.9 Å². The lowest BCUT2D eigenvalue weighted by Gasteiger charge is -2.00. The van der Waals surface area contributed by atoms with Gasteiger partial charge < -0.3 is 10.2 Å². The van der Waals surface area contributed by atoms with Crippen LogP contribution in [0.4, 0.5) is 0 Å². The van der Waals surface area contributed by atoms with E-state index in [-0.39, 0.29) is 0 Å². The molecule has 2 N–H and O–H groups in total. The number of nitriles is 1. The average molecular weight is 216 g/mol. The second-order valence-electron chi connectivity index (χ2n) is 2.89. The van der Waals surface area contributed by atoms with Crippen molar-refractivity contribution in [3.63, 3.8) is 0 Å². The van der Waals surface area contributed by atoms with Crippen molar-refractivity contribution in [1.82, 2.24) is 0 Å². The molecule has 2 heterocycles. The molecule has 0 aliphatic carbocycles. The first kappa shape index (κ1) is 9.56. The third kappa shape index (κ3) is 1.78. The number of nitrogens with zero attached hydrogens (tertiary/aromatic N) is 1. The molecule has 0 amide bonds. The highest BCUT2D eigenvalue weighted by atomic mass is 32.1. The summed E-state index contributed by atoms with van der Waals surface area (Å²) in [6.07, 6.45) is 3.06. The predicted molar refractivity (Wildman–Crippen MR) is 59.6 cm³/mol. The zero-order chi connectivity index (χ0) is 10.7. The molecule has 15 heavy (non-hydrogen) atoms. The third-order valence-electron chi connectivity index (χ3n) is 1.98. The van der Waals surface area contributed by atoms with Gasteiger partial charge in [-0.2, -0.15) is 5.26 Å². The van der Waals surface area contributed by atoms with Crippen molar-refractivity contribution in [3.05, 3.63) is 46.5 Å². The first-order valence-electron chi connectivity index (χ1n) is 4.29. The molecule has 2 aromatic rings. The molecule has 0 aliphatic rings. The van der Waals surface area contributed by atoms with Crippen molar-refractivity contribution in [2.45, 2.75) is 0 Å². The molecule has 0 saturated carbocycles. The normalized spacial score (nSPS) is 11.9. The van der Waals surface area contributed by atoms with Gasteiger partial charge in [0.25, 0.3) is 0 Å². The molecular formula is C11H8N2OS. The second-order valence-corrected chi connectivity index (χ2v) is 3.84. The topological polar surface area (TPSA) is 63.0 Å². The van der Waals surface area contributed by atoms with Crippen LogP contribution in [0.2, 0.25) is 0 Å². The Kier molecular flexibility index (Phi) is 2.57. The van der Waals surface area contributed by atoms with Gasteiger partial charge in [0, 0.05) is 10.4 Å². The van der Waals surface area contributed by atoms with E-state index in [1.54, 1.807) is 6.07 Å². The summed E-state index contributed by atoms with van der Waals surface area (Å²) in [4.78, 5) is 0.871. The van der Waals surface area contributed by atoms with E-state index in [0.29, 0.717) is 11.3 Å². The molecule has 74 valence electrons. The average Bonchev–Trinajstić information content (AvgIpc) is 2.91. The maximum Gasteiger partial charge on any atom is 0.103 e. The van der Waals surface area contributed by atoms with Gasteiger partial charge in [0.15, 0.2) is 0 Å². The molecule has 0 spiro atoms. The monoisotopic (exact) mass is 216 g/mol. The van der Waals surface area contributed by atoms with E-state index in [1.807, 2.05) is 17.5 Å². The molecule has 3 nitrogen and oxygen atoms in total. The van der Waals surface area contributed by atoms with Crippen LogP contribution in [-0.2, 0) is 0 Å². The molecule has 0 unspecified atom stereocenters. The Bertz CT molecular complexity index is 503. The molecule has 0 bridgehead atoms. The zero-order valence-corrected chi connectivity index (χ0v) is 8.62. The van der Waals surface area contributed by atoms with E-state index < -0.39 is 0 Å². The van der Waals surface area contributed by atoms with Gasteiger partial charge in [-0.1, -0.05) is 6.07 Å². The first-order chi connectivity index (χ1) is 7.33. The summed E-state index contributed by atoms with van der Waals surface area (Å²) in [5.41, 5.74) is 7.57. The van der Waals surface area contributed by atoms with Crippen molar-refractivity contribution in [2.75, 3.05) is 0 Å². The van der Waals surface area contributed by atoms with Crippen LogP contribution in [0.25, 0.3) is 11.3 Å². The van der Waals surface area contributed by atoms with Gasteiger partial charge in [0.05, 0.1) is 23.8 Å². The van der Waals surface area contributed by atoms with Crippen LogP contribution in [0.1, 0.15) is 10.4 Å². The summed E-state index contributed by atoms with van der Waals surface area (Å²) in [6, 6.07) is 7.61. The Hall–Kier alpha value is -1.99.